The van der Waals surface area contributed by atoms with Gasteiger partial charge in [0.1, 0.15) is 0 Å². The first-order valence-electron chi connectivity index (χ1n) is 8.60. The summed E-state index contributed by atoms with van der Waals surface area (Å²) in [5.41, 5.74) is 4.07. The minimum atomic E-state index is -0.370. The Hall–Kier alpha value is -3.24. The van der Waals surface area contributed by atoms with E-state index < -0.39 is 0 Å². The molecule has 0 spiro atoms. The number of aryl methyl sites for hydroxylation is 1. The van der Waals surface area contributed by atoms with Crippen molar-refractivity contribution in [1.29, 1.82) is 0 Å². The number of hydrogen-bond acceptors (Lipinski definition) is 3. The minimum absolute atomic E-state index is 0.172. The Morgan fingerprint density at radius 1 is 1.07 bits per heavy atom. The summed E-state index contributed by atoms with van der Waals surface area (Å²) in [6.45, 7) is 2.00. The normalized spacial score (nSPS) is 11.3. The van der Waals surface area contributed by atoms with Crippen LogP contribution < -0.4 is 5.56 Å². The van der Waals surface area contributed by atoms with E-state index >= 15 is 0 Å². The van der Waals surface area contributed by atoms with Crippen molar-refractivity contribution >= 4 is 34.1 Å². The Labute approximate surface area is 160 Å². The molecule has 4 aromatic rings. The fourth-order valence-electron chi connectivity index (χ4n) is 3.17. The predicted octanol–water partition coefficient (Wildman–Crippen LogP) is 5.46. The van der Waals surface area contributed by atoms with Gasteiger partial charge in [-0.05, 0) is 53.1 Å². The van der Waals surface area contributed by atoms with Gasteiger partial charge in [-0.15, -0.1) is 0 Å². The van der Waals surface area contributed by atoms with E-state index in [0.717, 1.165) is 27.6 Å². The summed E-state index contributed by atoms with van der Waals surface area (Å²) in [6.07, 6.45) is 3.22. The van der Waals surface area contributed by atoms with Gasteiger partial charge in [0.05, 0.1) is 5.56 Å². The topological polar surface area (TPSA) is 49.9 Å². The lowest BCUT2D eigenvalue weighted by Crippen LogP contribution is -2.18. The molecular weight excluding hydrogens is 354 g/mol. The van der Waals surface area contributed by atoms with Crippen molar-refractivity contribution in [2.45, 2.75) is 6.92 Å². The molecule has 0 atom stereocenters. The third-order valence-corrected chi connectivity index (χ3v) is 5.15. The van der Waals surface area contributed by atoms with E-state index in [9.17, 15) is 9.59 Å². The number of benzene rings is 2. The van der Waals surface area contributed by atoms with Crippen LogP contribution >= 0.6 is 11.3 Å². The second-order valence-electron chi connectivity index (χ2n) is 6.37. The third-order valence-electron chi connectivity index (χ3n) is 4.45. The van der Waals surface area contributed by atoms with E-state index in [0.29, 0.717) is 5.56 Å². The van der Waals surface area contributed by atoms with Crippen LogP contribution in [0.3, 0.4) is 0 Å². The van der Waals surface area contributed by atoms with Gasteiger partial charge in [-0.2, -0.15) is 11.3 Å². The molecule has 0 bridgehead atoms. The number of nitrogens with one attached hydrogen (secondary N) is 1. The standard InChI is InChI=1S/C23H17NO2S/c1-15-7-9-19-18(13-15)21(17-5-3-2-4-6-17)22(23(26)24-19)20(25)10-8-16-11-12-27-14-16/h2-14H,1H3,(H,24,26)/b10-8+. The highest BCUT2D eigenvalue weighted by Crippen LogP contribution is 2.30. The smallest absolute Gasteiger partial charge is 0.260 e. The van der Waals surface area contributed by atoms with Gasteiger partial charge in [-0.25, -0.2) is 0 Å². The Morgan fingerprint density at radius 2 is 1.89 bits per heavy atom. The number of rotatable bonds is 4. The van der Waals surface area contributed by atoms with Gasteiger partial charge in [0.25, 0.3) is 5.56 Å². The molecule has 4 rings (SSSR count). The summed E-state index contributed by atoms with van der Waals surface area (Å²) in [7, 11) is 0. The van der Waals surface area contributed by atoms with Crippen LogP contribution in [0.2, 0.25) is 0 Å². The molecule has 2 aromatic carbocycles. The lowest BCUT2D eigenvalue weighted by atomic mass is 9.93. The largest absolute Gasteiger partial charge is 0.321 e. The van der Waals surface area contributed by atoms with Crippen molar-refractivity contribution in [3.05, 3.63) is 98.5 Å². The van der Waals surface area contributed by atoms with Crippen LogP contribution in [0.4, 0.5) is 0 Å². The second kappa shape index (κ2) is 7.17. The maximum atomic E-state index is 13.0. The Balaban J connectivity index is 1.98. The van der Waals surface area contributed by atoms with Crippen molar-refractivity contribution in [3.63, 3.8) is 0 Å². The molecule has 0 radical (unpaired) electrons. The molecule has 0 fully saturated rings. The quantitative estimate of drug-likeness (QED) is 0.382. The van der Waals surface area contributed by atoms with Crippen LogP contribution in [-0.2, 0) is 0 Å². The first-order valence-corrected chi connectivity index (χ1v) is 9.54. The van der Waals surface area contributed by atoms with Gasteiger partial charge >= 0.3 is 0 Å². The zero-order valence-corrected chi connectivity index (χ0v) is 15.5. The van der Waals surface area contributed by atoms with E-state index in [1.54, 1.807) is 17.4 Å². The summed E-state index contributed by atoms with van der Waals surface area (Å²) in [5.74, 6) is -0.301. The van der Waals surface area contributed by atoms with Crippen LogP contribution in [0.15, 0.2) is 76.2 Å². The van der Waals surface area contributed by atoms with Crippen molar-refractivity contribution in [2.24, 2.45) is 0 Å². The number of H-pyrrole nitrogens is 1. The fraction of sp³-hybridized carbons (Fsp3) is 0.0435. The molecule has 2 heterocycles. The molecule has 4 heteroatoms. The number of ketones is 1. The van der Waals surface area contributed by atoms with Crippen LogP contribution in [-0.4, -0.2) is 10.8 Å². The van der Waals surface area contributed by atoms with Crippen molar-refractivity contribution in [2.75, 3.05) is 0 Å². The zero-order chi connectivity index (χ0) is 18.8. The summed E-state index contributed by atoms with van der Waals surface area (Å²) in [6, 6.07) is 17.4. The molecule has 2 aromatic heterocycles. The summed E-state index contributed by atoms with van der Waals surface area (Å²) in [4.78, 5) is 28.6. The van der Waals surface area contributed by atoms with Gasteiger partial charge < -0.3 is 4.98 Å². The first-order chi connectivity index (χ1) is 13.1. The molecule has 0 saturated heterocycles. The van der Waals surface area contributed by atoms with Gasteiger partial charge in [-0.1, -0.05) is 48.0 Å². The number of carbonyl (C=O) groups is 1. The maximum absolute atomic E-state index is 13.0. The lowest BCUT2D eigenvalue weighted by Gasteiger charge is -2.12. The molecule has 0 saturated carbocycles. The molecule has 0 unspecified atom stereocenters. The van der Waals surface area contributed by atoms with Gasteiger partial charge in [-0.3, -0.25) is 9.59 Å². The minimum Gasteiger partial charge on any atom is -0.321 e. The van der Waals surface area contributed by atoms with Crippen LogP contribution in [0, 0.1) is 6.92 Å². The number of hydrogen-bond donors (Lipinski definition) is 1. The van der Waals surface area contributed by atoms with Crippen LogP contribution in [0.5, 0.6) is 0 Å². The average Bonchev–Trinajstić information content (AvgIpc) is 3.20. The highest BCUT2D eigenvalue weighted by Gasteiger charge is 2.19. The van der Waals surface area contributed by atoms with Crippen molar-refractivity contribution in [1.82, 2.24) is 4.98 Å². The molecule has 0 amide bonds. The van der Waals surface area contributed by atoms with E-state index in [4.69, 9.17) is 0 Å². The van der Waals surface area contributed by atoms with Gasteiger partial charge in [0.2, 0.25) is 0 Å². The molecule has 3 nitrogen and oxygen atoms in total. The van der Waals surface area contributed by atoms with Crippen molar-refractivity contribution in [3.8, 4) is 11.1 Å². The Bertz CT molecular complexity index is 1200. The fourth-order valence-corrected chi connectivity index (χ4v) is 3.80. The molecule has 1 N–H and O–H groups in total. The molecule has 0 aliphatic rings. The summed E-state index contributed by atoms with van der Waals surface area (Å²) >= 11 is 1.56. The second-order valence-corrected chi connectivity index (χ2v) is 7.15. The highest BCUT2D eigenvalue weighted by molar-refractivity contribution is 7.08. The average molecular weight is 371 g/mol. The number of thiophene rings is 1. The van der Waals surface area contributed by atoms with E-state index in [2.05, 4.69) is 4.98 Å². The van der Waals surface area contributed by atoms with E-state index in [-0.39, 0.29) is 16.9 Å². The van der Waals surface area contributed by atoms with Crippen LogP contribution in [0.1, 0.15) is 21.5 Å². The number of allylic oxidation sites excluding steroid dienone is 1. The van der Waals surface area contributed by atoms with E-state index in [1.807, 2.05) is 72.3 Å². The SMILES string of the molecule is Cc1ccc2[nH]c(=O)c(C(=O)/C=C/c3ccsc3)c(-c3ccccc3)c2c1. The number of aromatic amines is 1. The monoisotopic (exact) mass is 371 g/mol. The zero-order valence-electron chi connectivity index (χ0n) is 14.7. The number of pyridine rings is 1. The highest BCUT2D eigenvalue weighted by atomic mass is 32.1. The first kappa shape index (κ1) is 17.2. The number of fused-ring (bicyclic) bond motifs is 1. The third kappa shape index (κ3) is 3.39. The molecular formula is C23H17NO2S. The summed E-state index contributed by atoms with van der Waals surface area (Å²) < 4.78 is 0. The molecule has 0 aliphatic heterocycles. The molecule has 132 valence electrons. The van der Waals surface area contributed by atoms with Crippen LogP contribution in [0.25, 0.3) is 28.1 Å². The Kier molecular flexibility index (Phi) is 4.57. The van der Waals surface area contributed by atoms with Gasteiger partial charge in [0.15, 0.2) is 5.78 Å². The molecule has 27 heavy (non-hydrogen) atoms. The number of aromatic nitrogens is 1. The van der Waals surface area contributed by atoms with E-state index in [1.165, 1.54) is 6.08 Å². The summed E-state index contributed by atoms with van der Waals surface area (Å²) in [5, 5.41) is 4.77. The predicted molar refractivity (Wildman–Crippen MR) is 112 cm³/mol. The molecule has 0 aliphatic carbocycles. The lowest BCUT2D eigenvalue weighted by molar-refractivity contribution is 0.104. The maximum Gasteiger partial charge on any atom is 0.260 e. The van der Waals surface area contributed by atoms with Gasteiger partial charge in [0, 0.05) is 16.5 Å². The Morgan fingerprint density at radius 3 is 2.63 bits per heavy atom. The van der Waals surface area contributed by atoms with Crippen molar-refractivity contribution < 1.29 is 4.79 Å². The number of carbonyl (C=O) groups excluding carboxylic acids is 1.